The fraction of sp³-hybridized carbons (Fsp3) is 0.375. The molecule has 1 rings (SSSR count). The minimum atomic E-state index is -0.274. The summed E-state index contributed by atoms with van der Waals surface area (Å²) in [5.74, 6) is 0. The van der Waals surface area contributed by atoms with E-state index in [0.717, 1.165) is 0 Å². The molecule has 0 saturated carbocycles. The molecule has 0 aliphatic carbocycles. The lowest BCUT2D eigenvalue weighted by molar-refractivity contribution is 0.235. The van der Waals surface area contributed by atoms with Crippen LogP contribution in [-0.2, 0) is 0 Å². The smallest absolute Gasteiger partial charge is 0.0569 e. The summed E-state index contributed by atoms with van der Waals surface area (Å²) in [6, 6.07) is 0. The summed E-state index contributed by atoms with van der Waals surface area (Å²) in [6.45, 7) is 2.04. The minimum absolute atomic E-state index is 0.106. The van der Waals surface area contributed by atoms with Gasteiger partial charge in [0.1, 0.15) is 0 Å². The van der Waals surface area contributed by atoms with Gasteiger partial charge in [0.2, 0.25) is 0 Å². The third kappa shape index (κ3) is 1.54. The number of aliphatic hydroxyl groups excluding tert-OH is 1. The molecule has 54 valence electrons. The van der Waals surface area contributed by atoms with E-state index >= 15 is 0 Å². The zero-order valence-corrected chi connectivity index (χ0v) is 5.99. The van der Waals surface area contributed by atoms with Gasteiger partial charge in [-0.25, -0.2) is 0 Å². The zero-order valence-electron chi connectivity index (χ0n) is 5.99. The maximum atomic E-state index is 8.91. The van der Waals surface area contributed by atoms with E-state index in [0.29, 0.717) is 0 Å². The van der Waals surface area contributed by atoms with Crippen LogP contribution in [0.25, 0.3) is 0 Å². The predicted octanol–water partition coefficient (Wildman–Crippen LogP) is 1.14. The van der Waals surface area contributed by atoms with E-state index in [4.69, 9.17) is 5.11 Å². The highest BCUT2D eigenvalue weighted by Crippen LogP contribution is 2.15. The molecule has 1 unspecified atom stereocenters. The molecular formula is C8H11NO. The summed E-state index contributed by atoms with van der Waals surface area (Å²) in [7, 11) is 0. The summed E-state index contributed by atoms with van der Waals surface area (Å²) >= 11 is 0. The van der Waals surface area contributed by atoms with E-state index in [-0.39, 0.29) is 12.0 Å². The van der Waals surface area contributed by atoms with Crippen LogP contribution in [0, 0.1) is 5.41 Å². The Balaban J connectivity index is 2.80. The quantitative estimate of drug-likeness (QED) is 0.577. The molecular weight excluding hydrogens is 126 g/mol. The third-order valence-corrected chi connectivity index (χ3v) is 1.47. The molecule has 0 aromatic rings. The van der Waals surface area contributed by atoms with E-state index in [9.17, 15) is 0 Å². The molecule has 0 aromatic heterocycles. The van der Waals surface area contributed by atoms with Crippen molar-refractivity contribution in [2.75, 3.05) is 6.61 Å². The van der Waals surface area contributed by atoms with Crippen LogP contribution in [0.15, 0.2) is 29.4 Å². The molecule has 0 saturated heterocycles. The molecule has 0 radical (unpaired) electrons. The summed E-state index contributed by atoms with van der Waals surface area (Å²) < 4.78 is 0. The van der Waals surface area contributed by atoms with Crippen LogP contribution >= 0.6 is 0 Å². The van der Waals surface area contributed by atoms with Crippen molar-refractivity contribution in [3.05, 3.63) is 24.4 Å². The molecule has 0 bridgehead atoms. The van der Waals surface area contributed by atoms with Gasteiger partial charge in [-0.15, -0.1) is 0 Å². The van der Waals surface area contributed by atoms with Crippen molar-refractivity contribution in [1.29, 1.82) is 0 Å². The van der Waals surface area contributed by atoms with Crippen LogP contribution in [0.2, 0.25) is 0 Å². The molecule has 1 aliphatic rings. The van der Waals surface area contributed by atoms with Crippen LogP contribution in [0.5, 0.6) is 0 Å². The topological polar surface area (TPSA) is 32.6 Å². The number of allylic oxidation sites excluding steroid dienone is 2. The Labute approximate surface area is 60.6 Å². The van der Waals surface area contributed by atoms with Gasteiger partial charge in [-0.3, -0.25) is 4.99 Å². The molecule has 2 nitrogen and oxygen atoms in total. The van der Waals surface area contributed by atoms with Crippen molar-refractivity contribution in [3.8, 4) is 0 Å². The monoisotopic (exact) mass is 137 g/mol. The highest BCUT2D eigenvalue weighted by molar-refractivity contribution is 5.69. The summed E-state index contributed by atoms with van der Waals surface area (Å²) in [5.41, 5.74) is -0.274. The average Bonchev–Trinajstić information content (AvgIpc) is 2.15. The van der Waals surface area contributed by atoms with Crippen LogP contribution in [0.1, 0.15) is 6.92 Å². The van der Waals surface area contributed by atoms with Gasteiger partial charge in [0.25, 0.3) is 0 Å². The standard InChI is InChI=1S/C8H11NO/c1-8(7-10)4-2-3-5-9-6-8/h2-6,10H,7H2,1H3. The number of aliphatic hydroxyl groups is 1. The molecule has 1 heterocycles. The summed E-state index contributed by atoms with van der Waals surface area (Å²) in [5, 5.41) is 8.91. The molecule has 1 N–H and O–H groups in total. The first kappa shape index (κ1) is 7.22. The van der Waals surface area contributed by atoms with Gasteiger partial charge in [-0.2, -0.15) is 0 Å². The predicted molar refractivity (Wildman–Crippen MR) is 42.0 cm³/mol. The first-order valence-corrected chi connectivity index (χ1v) is 3.26. The Morgan fingerprint density at radius 2 is 2.30 bits per heavy atom. The molecule has 0 fully saturated rings. The Kier molecular flexibility index (Phi) is 2.02. The number of hydrogen-bond acceptors (Lipinski definition) is 2. The van der Waals surface area contributed by atoms with Crippen LogP contribution in [0.4, 0.5) is 0 Å². The molecule has 0 aromatic carbocycles. The van der Waals surface area contributed by atoms with Crippen molar-refractivity contribution >= 4 is 6.21 Å². The second kappa shape index (κ2) is 2.80. The molecule has 1 aliphatic heterocycles. The Morgan fingerprint density at radius 3 is 3.00 bits per heavy atom. The van der Waals surface area contributed by atoms with E-state index < -0.39 is 0 Å². The zero-order chi connectivity index (χ0) is 7.45. The Bertz CT molecular complexity index is 175. The lowest BCUT2D eigenvalue weighted by atomic mass is 9.93. The fourth-order valence-corrected chi connectivity index (χ4v) is 0.725. The van der Waals surface area contributed by atoms with E-state index in [1.807, 2.05) is 25.2 Å². The van der Waals surface area contributed by atoms with Gasteiger partial charge in [-0.1, -0.05) is 12.2 Å². The van der Waals surface area contributed by atoms with Crippen LogP contribution < -0.4 is 0 Å². The molecule has 0 spiro atoms. The Morgan fingerprint density at radius 1 is 1.50 bits per heavy atom. The lowest BCUT2D eigenvalue weighted by Crippen LogP contribution is -2.19. The first-order chi connectivity index (χ1) is 4.77. The maximum Gasteiger partial charge on any atom is 0.0569 e. The largest absolute Gasteiger partial charge is 0.395 e. The van der Waals surface area contributed by atoms with E-state index in [1.54, 1.807) is 12.4 Å². The van der Waals surface area contributed by atoms with Gasteiger partial charge in [-0.05, 0) is 13.0 Å². The van der Waals surface area contributed by atoms with Crippen LogP contribution in [0.3, 0.4) is 0 Å². The van der Waals surface area contributed by atoms with E-state index in [2.05, 4.69) is 4.99 Å². The van der Waals surface area contributed by atoms with Gasteiger partial charge in [0, 0.05) is 17.8 Å². The van der Waals surface area contributed by atoms with Crippen molar-refractivity contribution in [1.82, 2.24) is 0 Å². The number of aliphatic imine (C=N–C) groups is 1. The average molecular weight is 137 g/mol. The third-order valence-electron chi connectivity index (χ3n) is 1.47. The van der Waals surface area contributed by atoms with Crippen molar-refractivity contribution in [3.63, 3.8) is 0 Å². The lowest BCUT2D eigenvalue weighted by Gasteiger charge is -2.15. The highest BCUT2D eigenvalue weighted by atomic mass is 16.3. The van der Waals surface area contributed by atoms with Gasteiger partial charge in [0.05, 0.1) is 6.61 Å². The number of rotatable bonds is 1. The minimum Gasteiger partial charge on any atom is -0.395 e. The van der Waals surface area contributed by atoms with Crippen molar-refractivity contribution in [2.24, 2.45) is 10.4 Å². The maximum absolute atomic E-state index is 8.91. The fourth-order valence-electron chi connectivity index (χ4n) is 0.725. The molecule has 10 heavy (non-hydrogen) atoms. The van der Waals surface area contributed by atoms with Crippen molar-refractivity contribution < 1.29 is 5.11 Å². The second-order valence-electron chi connectivity index (χ2n) is 2.64. The van der Waals surface area contributed by atoms with E-state index in [1.165, 1.54) is 0 Å². The molecule has 1 atom stereocenters. The van der Waals surface area contributed by atoms with Gasteiger partial charge in [0.15, 0.2) is 0 Å². The van der Waals surface area contributed by atoms with Gasteiger partial charge >= 0.3 is 0 Å². The number of hydrogen-bond donors (Lipinski definition) is 1. The second-order valence-corrected chi connectivity index (χ2v) is 2.64. The van der Waals surface area contributed by atoms with Gasteiger partial charge < -0.3 is 5.11 Å². The SMILES string of the molecule is CC1(CO)C=CC=CN=C1. The first-order valence-electron chi connectivity index (χ1n) is 3.26. The van der Waals surface area contributed by atoms with Crippen LogP contribution in [-0.4, -0.2) is 17.9 Å². The molecule has 0 amide bonds. The Hall–Kier alpha value is -0.890. The summed E-state index contributed by atoms with van der Waals surface area (Å²) in [6.07, 6.45) is 9.12. The summed E-state index contributed by atoms with van der Waals surface area (Å²) in [4.78, 5) is 3.97. The molecule has 2 heteroatoms. The highest BCUT2D eigenvalue weighted by Gasteiger charge is 2.16. The van der Waals surface area contributed by atoms with Crippen molar-refractivity contribution in [2.45, 2.75) is 6.92 Å². The number of nitrogens with zero attached hydrogens (tertiary/aromatic N) is 1. The normalized spacial score (nSPS) is 30.6.